The fourth-order valence-electron chi connectivity index (χ4n) is 5.07. The van der Waals surface area contributed by atoms with Crippen LogP contribution in [0.2, 0.25) is 0 Å². The number of rotatable bonds is 12. The van der Waals surface area contributed by atoms with Crippen LogP contribution in [0, 0.1) is 6.92 Å². The molecule has 0 saturated carbocycles. The third-order valence-corrected chi connectivity index (χ3v) is 7.27. The summed E-state index contributed by atoms with van der Waals surface area (Å²) in [4.78, 5) is 14.1. The third-order valence-electron chi connectivity index (χ3n) is 7.27. The lowest BCUT2D eigenvalue weighted by atomic mass is 10.00. The van der Waals surface area contributed by atoms with E-state index in [1.165, 1.54) is 13.2 Å². The lowest BCUT2D eigenvalue weighted by Crippen LogP contribution is -2.43. The summed E-state index contributed by atoms with van der Waals surface area (Å²) in [6.45, 7) is 6.84. The number of carbonyl (C=O) groups excluding carboxylic acids is 1. The number of hydrogen-bond acceptors (Lipinski definition) is 8. The van der Waals surface area contributed by atoms with E-state index in [2.05, 4.69) is 20.4 Å². The number of anilines is 1. The van der Waals surface area contributed by atoms with Gasteiger partial charge in [-0.25, -0.2) is 0 Å². The van der Waals surface area contributed by atoms with Gasteiger partial charge in [0.1, 0.15) is 11.4 Å². The van der Waals surface area contributed by atoms with Crippen LogP contribution in [-0.4, -0.2) is 60.5 Å². The fourth-order valence-corrected chi connectivity index (χ4v) is 5.07. The molecule has 42 heavy (non-hydrogen) atoms. The molecular formula is C31H37F3N4O4. The first-order valence-corrected chi connectivity index (χ1v) is 14.1. The summed E-state index contributed by atoms with van der Waals surface area (Å²) in [5, 5.41) is 12.5. The molecule has 4 rings (SSSR count). The molecule has 0 bridgehead atoms. The van der Waals surface area contributed by atoms with E-state index in [0.717, 1.165) is 54.8 Å². The molecule has 2 heterocycles. The highest BCUT2D eigenvalue weighted by molar-refractivity contribution is 5.73. The van der Waals surface area contributed by atoms with Gasteiger partial charge < -0.3 is 24.4 Å². The summed E-state index contributed by atoms with van der Waals surface area (Å²) in [7, 11) is 1.33. The second-order valence-electron chi connectivity index (χ2n) is 10.2. The number of carbonyl (C=O) groups is 1. The van der Waals surface area contributed by atoms with Crippen LogP contribution < -0.4 is 10.1 Å². The third kappa shape index (κ3) is 8.19. The van der Waals surface area contributed by atoms with Crippen LogP contribution in [0.25, 0.3) is 11.3 Å². The van der Waals surface area contributed by atoms with Crippen molar-refractivity contribution in [1.29, 1.82) is 0 Å². The van der Waals surface area contributed by atoms with Crippen molar-refractivity contribution < 1.29 is 32.2 Å². The number of likely N-dealkylation sites (tertiary alicyclic amines) is 1. The van der Waals surface area contributed by atoms with Gasteiger partial charge in [0.2, 0.25) is 0 Å². The molecule has 1 atom stereocenters. The van der Waals surface area contributed by atoms with Gasteiger partial charge in [-0.15, -0.1) is 10.2 Å². The maximum Gasteiger partial charge on any atom is 0.416 e. The Labute approximate surface area is 244 Å². The molecule has 0 amide bonds. The zero-order valence-electron chi connectivity index (χ0n) is 24.2. The first-order valence-electron chi connectivity index (χ1n) is 14.1. The quantitative estimate of drug-likeness (QED) is 0.258. The number of benzene rings is 2. The number of methoxy groups -OCH3 is 1. The predicted octanol–water partition coefficient (Wildman–Crippen LogP) is 6.03. The van der Waals surface area contributed by atoms with Gasteiger partial charge in [0.05, 0.1) is 38.9 Å². The maximum atomic E-state index is 13.4. The average molecular weight is 587 g/mol. The number of halogens is 3. The molecule has 1 fully saturated rings. The van der Waals surface area contributed by atoms with Gasteiger partial charge in [0.15, 0.2) is 5.82 Å². The number of piperidine rings is 1. The summed E-state index contributed by atoms with van der Waals surface area (Å²) >= 11 is 0. The molecule has 2 aromatic carbocycles. The summed E-state index contributed by atoms with van der Waals surface area (Å²) in [5.74, 6) is 0.414. The highest BCUT2D eigenvalue weighted by Gasteiger charge is 2.32. The van der Waals surface area contributed by atoms with Gasteiger partial charge in [-0.1, -0.05) is 30.3 Å². The number of ether oxygens (including phenoxy) is 3. The van der Waals surface area contributed by atoms with Crippen LogP contribution in [0.1, 0.15) is 48.4 Å². The van der Waals surface area contributed by atoms with Gasteiger partial charge in [-0.05, 0) is 62.6 Å². The minimum atomic E-state index is -4.50. The minimum Gasteiger partial charge on any atom is -0.496 e. The zero-order chi connectivity index (χ0) is 30.1. The van der Waals surface area contributed by atoms with E-state index in [1.54, 1.807) is 6.92 Å². The van der Waals surface area contributed by atoms with Crippen LogP contribution >= 0.6 is 0 Å². The Bertz CT molecular complexity index is 1340. The molecule has 0 unspecified atom stereocenters. The predicted molar refractivity (Wildman–Crippen MR) is 153 cm³/mol. The highest BCUT2D eigenvalue weighted by Crippen LogP contribution is 2.38. The van der Waals surface area contributed by atoms with Crippen molar-refractivity contribution in [1.82, 2.24) is 15.1 Å². The Kier molecular flexibility index (Phi) is 10.8. The molecular weight excluding hydrogens is 549 g/mol. The molecule has 0 spiro atoms. The van der Waals surface area contributed by atoms with Crippen molar-refractivity contribution in [2.45, 2.75) is 58.5 Å². The van der Waals surface area contributed by atoms with E-state index >= 15 is 0 Å². The second kappa shape index (κ2) is 14.5. The molecule has 226 valence electrons. The van der Waals surface area contributed by atoms with Crippen LogP contribution in [0.4, 0.5) is 19.0 Å². The number of nitrogens with one attached hydrogen (secondary N) is 1. The van der Waals surface area contributed by atoms with Gasteiger partial charge in [0.25, 0.3) is 0 Å². The van der Waals surface area contributed by atoms with Gasteiger partial charge >= 0.3 is 12.1 Å². The second-order valence-corrected chi connectivity index (χ2v) is 10.2. The van der Waals surface area contributed by atoms with Crippen molar-refractivity contribution in [2.24, 2.45) is 0 Å². The van der Waals surface area contributed by atoms with Crippen molar-refractivity contribution >= 4 is 11.8 Å². The van der Waals surface area contributed by atoms with E-state index in [0.29, 0.717) is 43.3 Å². The van der Waals surface area contributed by atoms with E-state index in [1.807, 2.05) is 37.3 Å². The molecule has 0 aliphatic carbocycles. The summed E-state index contributed by atoms with van der Waals surface area (Å²) in [5.41, 5.74) is 2.54. The van der Waals surface area contributed by atoms with Gasteiger partial charge in [0, 0.05) is 30.3 Å². The highest BCUT2D eigenvalue weighted by atomic mass is 19.4. The number of alkyl halides is 3. The molecule has 1 N–H and O–H groups in total. The lowest BCUT2D eigenvalue weighted by Gasteiger charge is -2.33. The largest absolute Gasteiger partial charge is 0.496 e. The molecule has 3 aromatic rings. The molecule has 8 nitrogen and oxygen atoms in total. The zero-order valence-corrected chi connectivity index (χ0v) is 24.2. The monoisotopic (exact) mass is 586 g/mol. The normalized spacial score (nSPS) is 15.8. The topological polar surface area (TPSA) is 85.8 Å². The number of nitrogens with zero attached hydrogens (tertiary/aromatic N) is 3. The Morgan fingerprint density at radius 3 is 2.62 bits per heavy atom. The van der Waals surface area contributed by atoms with Crippen LogP contribution in [0.3, 0.4) is 0 Å². The standard InChI is InChI=1S/C31H37F3N4O4/c1-4-42-28(39)14-16-38-15-8-11-24(18-38)35-30-26(20-41-19-22-9-6-5-7-10-22)21(2)29(36-37-30)25-13-12-23(31(32,33)34)17-27(25)40-3/h5-7,9-10,12-13,17,24H,4,8,11,14-16,18-20H2,1-3H3,(H,35,37)/t24-/m1/s1. The Hall–Kier alpha value is -3.70. The van der Waals surface area contributed by atoms with Crippen LogP contribution in [0.5, 0.6) is 5.75 Å². The molecule has 1 saturated heterocycles. The first kappa shape index (κ1) is 31.2. The molecule has 1 aliphatic heterocycles. The van der Waals surface area contributed by atoms with E-state index in [4.69, 9.17) is 14.2 Å². The molecule has 1 aromatic heterocycles. The SMILES string of the molecule is CCOC(=O)CCN1CCC[C@@H](Nc2nnc(-c3ccc(C(F)(F)F)cc3OC)c(C)c2COCc2ccccc2)C1. The van der Waals surface area contributed by atoms with Gasteiger partial charge in [-0.2, -0.15) is 13.2 Å². The Balaban J connectivity index is 1.59. The smallest absolute Gasteiger partial charge is 0.416 e. The van der Waals surface area contributed by atoms with Gasteiger partial charge in [-0.3, -0.25) is 4.79 Å². The average Bonchev–Trinajstić information content (AvgIpc) is 2.98. The van der Waals surface area contributed by atoms with Crippen molar-refractivity contribution in [2.75, 3.05) is 38.7 Å². The van der Waals surface area contributed by atoms with E-state index < -0.39 is 11.7 Å². The number of hydrogen-bond donors (Lipinski definition) is 1. The molecule has 11 heteroatoms. The summed E-state index contributed by atoms with van der Waals surface area (Å²) in [6.07, 6.45) is -2.30. The lowest BCUT2D eigenvalue weighted by molar-refractivity contribution is -0.143. The van der Waals surface area contributed by atoms with Crippen LogP contribution in [0.15, 0.2) is 48.5 Å². The Morgan fingerprint density at radius 2 is 1.90 bits per heavy atom. The minimum absolute atomic E-state index is 0.0589. The van der Waals surface area contributed by atoms with Crippen molar-refractivity contribution in [3.8, 4) is 17.0 Å². The molecule has 1 aliphatic rings. The number of esters is 1. The van der Waals surface area contributed by atoms with Crippen LogP contribution in [-0.2, 0) is 33.7 Å². The fraction of sp³-hybridized carbons (Fsp3) is 0.452. The summed E-state index contributed by atoms with van der Waals surface area (Å²) < 4.78 is 56.5. The maximum absolute atomic E-state index is 13.4. The van der Waals surface area contributed by atoms with Crippen molar-refractivity contribution in [3.63, 3.8) is 0 Å². The number of aromatic nitrogens is 2. The van der Waals surface area contributed by atoms with Crippen molar-refractivity contribution in [3.05, 3.63) is 70.8 Å². The molecule has 0 radical (unpaired) electrons. The van der Waals surface area contributed by atoms with E-state index in [9.17, 15) is 18.0 Å². The van der Waals surface area contributed by atoms with E-state index in [-0.39, 0.29) is 24.4 Å². The Morgan fingerprint density at radius 1 is 1.12 bits per heavy atom. The summed E-state index contributed by atoms with van der Waals surface area (Å²) in [6, 6.07) is 13.2. The first-order chi connectivity index (χ1) is 20.2.